The highest BCUT2D eigenvalue weighted by Crippen LogP contribution is 2.44. The van der Waals surface area contributed by atoms with E-state index in [0.29, 0.717) is 5.11 Å². The Labute approximate surface area is 239 Å². The molecule has 0 spiro atoms. The molecule has 3 aromatic heterocycles. The molecule has 8 heteroatoms. The second-order valence-electron chi connectivity index (χ2n) is 9.62. The summed E-state index contributed by atoms with van der Waals surface area (Å²) in [6, 6.07) is 29.4. The van der Waals surface area contributed by atoms with E-state index in [1.807, 2.05) is 97.3 Å². The van der Waals surface area contributed by atoms with Gasteiger partial charge in [-0.25, -0.2) is 4.98 Å². The first-order chi connectivity index (χ1) is 19.5. The monoisotopic (exact) mass is 547 g/mol. The van der Waals surface area contributed by atoms with Crippen molar-refractivity contribution in [3.63, 3.8) is 0 Å². The molecule has 4 heterocycles. The summed E-state index contributed by atoms with van der Waals surface area (Å²) in [5.41, 5.74) is 5.26. The van der Waals surface area contributed by atoms with Crippen LogP contribution < -0.4 is 19.7 Å². The molecule has 0 amide bonds. The van der Waals surface area contributed by atoms with Crippen LogP contribution in [-0.4, -0.2) is 26.8 Å². The highest BCUT2D eigenvalue weighted by molar-refractivity contribution is 7.80. The van der Waals surface area contributed by atoms with E-state index in [9.17, 15) is 0 Å². The number of benzene rings is 2. The Kier molecular flexibility index (Phi) is 6.92. The van der Waals surface area contributed by atoms with E-state index >= 15 is 0 Å². The zero-order valence-corrected chi connectivity index (χ0v) is 23.3. The van der Waals surface area contributed by atoms with Gasteiger partial charge in [-0.3, -0.25) is 4.98 Å². The maximum Gasteiger partial charge on any atom is 0.174 e. The molecule has 6 rings (SSSR count). The lowest BCUT2D eigenvalue weighted by Crippen LogP contribution is -2.29. The van der Waals surface area contributed by atoms with Crippen molar-refractivity contribution in [1.29, 1.82) is 0 Å². The van der Waals surface area contributed by atoms with Crippen molar-refractivity contribution in [3.8, 4) is 23.1 Å². The maximum atomic E-state index is 6.07. The average Bonchev–Trinajstić information content (AvgIpc) is 3.49. The molecule has 5 aromatic rings. The van der Waals surface area contributed by atoms with E-state index in [4.69, 9.17) is 26.7 Å². The summed E-state index contributed by atoms with van der Waals surface area (Å²) in [7, 11) is 1.65. The third kappa shape index (κ3) is 4.78. The molecule has 1 N–H and O–H groups in total. The van der Waals surface area contributed by atoms with Gasteiger partial charge in [-0.2, -0.15) is 0 Å². The highest BCUT2D eigenvalue weighted by atomic mass is 32.1. The van der Waals surface area contributed by atoms with Gasteiger partial charge in [-0.15, -0.1) is 0 Å². The van der Waals surface area contributed by atoms with E-state index in [1.165, 1.54) is 0 Å². The van der Waals surface area contributed by atoms with Crippen molar-refractivity contribution in [2.45, 2.75) is 25.9 Å². The molecule has 1 fully saturated rings. The Balaban J connectivity index is 1.38. The Hall–Kier alpha value is -4.69. The van der Waals surface area contributed by atoms with Gasteiger partial charge in [-0.05, 0) is 110 Å². The van der Waals surface area contributed by atoms with E-state index in [0.717, 1.165) is 51.4 Å². The van der Waals surface area contributed by atoms with Crippen LogP contribution in [0.2, 0.25) is 0 Å². The maximum absolute atomic E-state index is 6.07. The molecule has 1 saturated heterocycles. The molecule has 0 unspecified atom stereocenters. The van der Waals surface area contributed by atoms with Crippen molar-refractivity contribution in [2.75, 3.05) is 12.0 Å². The van der Waals surface area contributed by atoms with Gasteiger partial charge in [0.1, 0.15) is 23.1 Å². The lowest BCUT2D eigenvalue weighted by Gasteiger charge is -2.28. The zero-order valence-electron chi connectivity index (χ0n) is 22.5. The Morgan fingerprint density at radius 3 is 2.08 bits per heavy atom. The number of ether oxygens (including phenoxy) is 2. The fourth-order valence-corrected chi connectivity index (χ4v) is 5.68. The molecule has 1 aliphatic rings. The van der Waals surface area contributed by atoms with Crippen molar-refractivity contribution in [1.82, 2.24) is 19.9 Å². The third-order valence-corrected chi connectivity index (χ3v) is 7.49. The molecule has 2 atom stereocenters. The van der Waals surface area contributed by atoms with E-state index in [-0.39, 0.29) is 12.1 Å². The fraction of sp³-hybridized carbons (Fsp3) is 0.156. The topological polar surface area (TPSA) is 64.4 Å². The van der Waals surface area contributed by atoms with Gasteiger partial charge in [-0.1, -0.05) is 12.1 Å². The largest absolute Gasteiger partial charge is 0.497 e. The van der Waals surface area contributed by atoms with Crippen molar-refractivity contribution >= 4 is 23.0 Å². The van der Waals surface area contributed by atoms with Crippen LogP contribution in [0.25, 0.3) is 5.82 Å². The van der Waals surface area contributed by atoms with Crippen molar-refractivity contribution in [3.05, 3.63) is 126 Å². The average molecular weight is 548 g/mol. The molecular formula is C32H29N5O2S. The number of aryl methyl sites for hydroxylation is 1. The Morgan fingerprint density at radius 2 is 1.45 bits per heavy atom. The summed E-state index contributed by atoms with van der Waals surface area (Å²) in [5.74, 6) is 3.15. The van der Waals surface area contributed by atoms with Gasteiger partial charge >= 0.3 is 0 Å². The molecule has 40 heavy (non-hydrogen) atoms. The molecule has 7 nitrogen and oxygen atoms in total. The molecule has 1 aliphatic heterocycles. The van der Waals surface area contributed by atoms with Crippen molar-refractivity contribution < 1.29 is 9.47 Å². The van der Waals surface area contributed by atoms with Crippen LogP contribution >= 0.6 is 12.2 Å². The van der Waals surface area contributed by atoms with Crippen LogP contribution in [0.4, 0.5) is 5.69 Å². The summed E-state index contributed by atoms with van der Waals surface area (Å²) < 4.78 is 13.5. The van der Waals surface area contributed by atoms with Gasteiger partial charge in [0.15, 0.2) is 5.11 Å². The SMILES string of the molecule is COc1ccc(Oc2ccc(N3C(=S)N[C@H](c4ccccn4)[C@@H]3c3cc(C)n(-c4ccccn4)c3C)cc2)cc1. The molecule has 0 bridgehead atoms. The number of hydrogen-bond donors (Lipinski definition) is 1. The first-order valence-electron chi connectivity index (χ1n) is 13.1. The number of thiocarbonyl (C=S) groups is 1. The van der Waals surface area contributed by atoms with Crippen LogP contribution in [0.15, 0.2) is 103 Å². The standard InChI is InChI=1S/C32H29N5O2S/c1-21-20-27(22(2)36(21)29-9-5-7-19-34-29)31-30(28-8-4-6-18-33-28)35-32(40)37(31)23-10-12-25(13-11-23)39-26-16-14-24(38-3)15-17-26/h4-20,30-31H,1-3H3,(H,35,40)/t30-,31+/m1/s1. The second-order valence-corrected chi connectivity index (χ2v) is 10.0. The molecule has 0 radical (unpaired) electrons. The Morgan fingerprint density at radius 1 is 0.800 bits per heavy atom. The van der Waals surface area contributed by atoms with E-state index in [2.05, 4.69) is 39.7 Å². The minimum Gasteiger partial charge on any atom is -0.497 e. The lowest BCUT2D eigenvalue weighted by molar-refractivity contribution is 0.413. The summed E-state index contributed by atoms with van der Waals surface area (Å²) in [5, 5.41) is 4.20. The van der Waals surface area contributed by atoms with Crippen LogP contribution in [-0.2, 0) is 0 Å². The number of hydrogen-bond acceptors (Lipinski definition) is 5. The molecule has 200 valence electrons. The first kappa shape index (κ1) is 25.6. The van der Waals surface area contributed by atoms with Crippen LogP contribution in [0.5, 0.6) is 17.2 Å². The smallest absolute Gasteiger partial charge is 0.174 e. The van der Waals surface area contributed by atoms with Crippen LogP contribution in [0.1, 0.15) is 34.7 Å². The van der Waals surface area contributed by atoms with Crippen LogP contribution in [0.3, 0.4) is 0 Å². The number of nitrogens with one attached hydrogen (secondary N) is 1. The van der Waals surface area contributed by atoms with Gasteiger partial charge in [0.25, 0.3) is 0 Å². The minimum absolute atomic E-state index is 0.126. The number of pyridine rings is 2. The minimum atomic E-state index is -0.137. The number of anilines is 1. The number of nitrogens with zero attached hydrogens (tertiary/aromatic N) is 4. The lowest BCUT2D eigenvalue weighted by atomic mass is 9.96. The summed E-state index contributed by atoms with van der Waals surface area (Å²) in [6.07, 6.45) is 3.64. The molecule has 0 saturated carbocycles. The number of rotatable bonds is 7. The van der Waals surface area contributed by atoms with Crippen molar-refractivity contribution in [2.24, 2.45) is 0 Å². The molecule has 2 aromatic carbocycles. The second kappa shape index (κ2) is 10.8. The summed E-state index contributed by atoms with van der Waals surface area (Å²) in [6.45, 7) is 4.25. The predicted octanol–water partition coefficient (Wildman–Crippen LogP) is 6.86. The molecule has 0 aliphatic carbocycles. The fourth-order valence-electron chi connectivity index (χ4n) is 5.33. The first-order valence-corrected chi connectivity index (χ1v) is 13.5. The van der Waals surface area contributed by atoms with E-state index in [1.54, 1.807) is 7.11 Å². The zero-order chi connectivity index (χ0) is 27.6. The van der Waals surface area contributed by atoms with Gasteiger partial charge in [0.2, 0.25) is 0 Å². The van der Waals surface area contributed by atoms with Gasteiger partial charge in [0.05, 0.1) is 24.9 Å². The number of methoxy groups -OCH3 is 1. The van der Waals surface area contributed by atoms with Gasteiger partial charge < -0.3 is 24.3 Å². The summed E-state index contributed by atoms with van der Waals surface area (Å²) in [4.78, 5) is 11.5. The number of aromatic nitrogens is 3. The van der Waals surface area contributed by atoms with Crippen LogP contribution in [0, 0.1) is 13.8 Å². The van der Waals surface area contributed by atoms with E-state index < -0.39 is 0 Å². The third-order valence-electron chi connectivity index (χ3n) is 7.18. The van der Waals surface area contributed by atoms with Gasteiger partial charge in [0, 0.05) is 29.5 Å². The quantitative estimate of drug-likeness (QED) is 0.223. The normalized spacial score (nSPS) is 16.6. The highest BCUT2D eigenvalue weighted by Gasteiger charge is 2.42. The molecular weight excluding hydrogens is 518 g/mol. The predicted molar refractivity (Wildman–Crippen MR) is 160 cm³/mol. The Bertz CT molecular complexity index is 1620. The summed E-state index contributed by atoms with van der Waals surface area (Å²) >= 11 is 5.94.